The highest BCUT2D eigenvalue weighted by molar-refractivity contribution is 7.89. The summed E-state index contributed by atoms with van der Waals surface area (Å²) in [6.45, 7) is 0.411. The van der Waals surface area contributed by atoms with Crippen LogP contribution < -0.4 is 0 Å². The van der Waals surface area contributed by atoms with E-state index >= 15 is 0 Å². The quantitative estimate of drug-likeness (QED) is 0.664. The number of sulfonamides is 1. The molecule has 0 radical (unpaired) electrons. The van der Waals surface area contributed by atoms with Gasteiger partial charge in [-0.25, -0.2) is 12.7 Å². The van der Waals surface area contributed by atoms with E-state index in [1.807, 2.05) is 36.4 Å². The lowest BCUT2D eigenvalue weighted by atomic mass is 10.1. The molecule has 2 aromatic carbocycles. The molecule has 3 rings (SSSR count). The maximum absolute atomic E-state index is 12.6. The van der Waals surface area contributed by atoms with Crippen molar-refractivity contribution < 1.29 is 8.42 Å². The van der Waals surface area contributed by atoms with Gasteiger partial charge in [0.05, 0.1) is 10.6 Å². The molecule has 5 nitrogen and oxygen atoms in total. The molecule has 1 aromatic heterocycles. The first-order valence-electron chi connectivity index (χ1n) is 8.28. The third kappa shape index (κ3) is 4.33. The van der Waals surface area contributed by atoms with E-state index in [0.717, 1.165) is 23.4 Å². The molecule has 0 saturated carbocycles. The first kappa shape index (κ1) is 18.6. The molecule has 0 aliphatic heterocycles. The molecule has 0 fully saturated rings. The van der Waals surface area contributed by atoms with Gasteiger partial charge in [-0.2, -0.15) is 5.10 Å². The van der Waals surface area contributed by atoms with Gasteiger partial charge in [0.15, 0.2) is 0 Å². The Morgan fingerprint density at radius 3 is 2.58 bits per heavy atom. The van der Waals surface area contributed by atoms with Gasteiger partial charge in [0.25, 0.3) is 0 Å². The summed E-state index contributed by atoms with van der Waals surface area (Å²) in [6.07, 6.45) is 1.40. The first-order valence-corrected chi connectivity index (χ1v) is 10.1. The number of halogens is 1. The largest absolute Gasteiger partial charge is 0.282 e. The zero-order chi connectivity index (χ0) is 18.6. The van der Waals surface area contributed by atoms with E-state index in [-0.39, 0.29) is 4.90 Å². The Hall–Kier alpha value is -2.15. The number of benzene rings is 2. The number of aromatic nitrogens is 2. The monoisotopic (exact) mass is 389 g/mol. The standard InChI is InChI=1S/C19H20ClN3O2S/c1-23(26(24,25)18-11-5-9-16(20)13-18)12-6-10-17-14-19(22-21-17)15-7-3-2-4-8-15/h2-5,7-9,11,13-14H,6,10,12H2,1H3,(H,21,22). The van der Waals surface area contributed by atoms with Crippen LogP contribution in [0.4, 0.5) is 0 Å². The van der Waals surface area contributed by atoms with Gasteiger partial charge in [0.2, 0.25) is 10.0 Å². The summed E-state index contributed by atoms with van der Waals surface area (Å²) in [6, 6.07) is 18.2. The van der Waals surface area contributed by atoms with E-state index in [4.69, 9.17) is 11.6 Å². The molecule has 1 N–H and O–H groups in total. The van der Waals surface area contributed by atoms with Gasteiger partial charge in [-0.05, 0) is 37.1 Å². The SMILES string of the molecule is CN(CCCc1cc(-c2ccccc2)n[nH]1)S(=O)(=O)c1cccc(Cl)c1. The van der Waals surface area contributed by atoms with Crippen LogP contribution in [0.3, 0.4) is 0 Å². The second-order valence-electron chi connectivity index (χ2n) is 6.03. The fourth-order valence-corrected chi connectivity index (χ4v) is 4.18. The van der Waals surface area contributed by atoms with Crippen molar-refractivity contribution in [2.45, 2.75) is 17.7 Å². The molecular formula is C19H20ClN3O2S. The second kappa shape index (κ2) is 8.03. The lowest BCUT2D eigenvalue weighted by molar-refractivity contribution is 0.460. The maximum atomic E-state index is 12.6. The number of nitrogens with zero attached hydrogens (tertiary/aromatic N) is 2. The smallest absolute Gasteiger partial charge is 0.242 e. The van der Waals surface area contributed by atoms with Crippen molar-refractivity contribution in [1.29, 1.82) is 0 Å². The Balaban J connectivity index is 1.59. The molecule has 0 bridgehead atoms. The molecule has 0 aliphatic carbocycles. The molecule has 0 saturated heterocycles. The normalized spacial score (nSPS) is 11.8. The predicted octanol–water partition coefficient (Wildman–Crippen LogP) is 3.98. The molecule has 7 heteroatoms. The van der Waals surface area contributed by atoms with Gasteiger partial charge < -0.3 is 0 Å². The summed E-state index contributed by atoms with van der Waals surface area (Å²) >= 11 is 5.90. The van der Waals surface area contributed by atoms with Crippen LogP contribution in [0.2, 0.25) is 5.02 Å². The average molecular weight is 390 g/mol. The van der Waals surface area contributed by atoms with Gasteiger partial charge >= 0.3 is 0 Å². The van der Waals surface area contributed by atoms with Crippen molar-refractivity contribution in [1.82, 2.24) is 14.5 Å². The van der Waals surface area contributed by atoms with Crippen LogP contribution in [0.25, 0.3) is 11.3 Å². The van der Waals surface area contributed by atoms with E-state index in [2.05, 4.69) is 10.2 Å². The zero-order valence-electron chi connectivity index (χ0n) is 14.4. The summed E-state index contributed by atoms with van der Waals surface area (Å²) in [7, 11) is -1.95. The number of aromatic amines is 1. The minimum atomic E-state index is -3.53. The molecule has 0 aliphatic rings. The number of hydrogen-bond acceptors (Lipinski definition) is 3. The summed E-state index contributed by atoms with van der Waals surface area (Å²) in [5, 5.41) is 7.75. The number of H-pyrrole nitrogens is 1. The lowest BCUT2D eigenvalue weighted by Gasteiger charge is -2.17. The summed E-state index contributed by atoms with van der Waals surface area (Å²) in [5.74, 6) is 0. The highest BCUT2D eigenvalue weighted by Crippen LogP contribution is 2.20. The predicted molar refractivity (Wildman–Crippen MR) is 104 cm³/mol. The Bertz CT molecular complexity index is 971. The van der Waals surface area contributed by atoms with Crippen molar-refractivity contribution in [2.75, 3.05) is 13.6 Å². The molecular weight excluding hydrogens is 370 g/mol. The van der Waals surface area contributed by atoms with Crippen LogP contribution in [0.15, 0.2) is 65.6 Å². The minimum Gasteiger partial charge on any atom is -0.282 e. The van der Waals surface area contributed by atoms with Crippen molar-refractivity contribution in [3.05, 3.63) is 71.4 Å². The topological polar surface area (TPSA) is 66.1 Å². The van der Waals surface area contributed by atoms with Crippen LogP contribution in [0.5, 0.6) is 0 Å². The summed E-state index contributed by atoms with van der Waals surface area (Å²) < 4.78 is 26.5. The van der Waals surface area contributed by atoms with Crippen molar-refractivity contribution in [3.8, 4) is 11.3 Å². The number of rotatable bonds is 7. The van der Waals surface area contributed by atoms with Crippen molar-refractivity contribution in [2.24, 2.45) is 0 Å². The molecule has 0 atom stereocenters. The van der Waals surface area contributed by atoms with Crippen molar-refractivity contribution in [3.63, 3.8) is 0 Å². The number of aryl methyl sites for hydroxylation is 1. The Morgan fingerprint density at radius 1 is 1.08 bits per heavy atom. The third-order valence-electron chi connectivity index (χ3n) is 4.12. The Kier molecular flexibility index (Phi) is 5.76. The molecule has 136 valence electrons. The van der Waals surface area contributed by atoms with Gasteiger partial charge in [0, 0.05) is 29.9 Å². The van der Waals surface area contributed by atoms with E-state index < -0.39 is 10.0 Å². The van der Waals surface area contributed by atoms with Gasteiger partial charge in [-0.15, -0.1) is 0 Å². The average Bonchev–Trinajstić information content (AvgIpc) is 3.11. The van der Waals surface area contributed by atoms with E-state index in [1.165, 1.54) is 10.4 Å². The van der Waals surface area contributed by atoms with Crippen LogP contribution in [-0.2, 0) is 16.4 Å². The van der Waals surface area contributed by atoms with Crippen LogP contribution in [-0.4, -0.2) is 36.5 Å². The Morgan fingerprint density at radius 2 is 1.85 bits per heavy atom. The molecule has 0 spiro atoms. The Labute approximate surface area is 158 Å². The number of hydrogen-bond donors (Lipinski definition) is 1. The second-order valence-corrected chi connectivity index (χ2v) is 8.51. The van der Waals surface area contributed by atoms with Gasteiger partial charge in [-0.3, -0.25) is 5.10 Å². The molecule has 26 heavy (non-hydrogen) atoms. The van der Waals surface area contributed by atoms with Gasteiger partial charge in [-0.1, -0.05) is 48.0 Å². The molecule has 0 amide bonds. The fraction of sp³-hybridized carbons (Fsp3) is 0.211. The van der Waals surface area contributed by atoms with E-state index in [9.17, 15) is 8.42 Å². The highest BCUT2D eigenvalue weighted by Gasteiger charge is 2.20. The summed E-state index contributed by atoms with van der Waals surface area (Å²) in [4.78, 5) is 0.209. The third-order valence-corrected chi connectivity index (χ3v) is 6.21. The first-order chi connectivity index (χ1) is 12.5. The van der Waals surface area contributed by atoms with Crippen LogP contribution >= 0.6 is 11.6 Å². The van der Waals surface area contributed by atoms with E-state index in [1.54, 1.807) is 25.2 Å². The van der Waals surface area contributed by atoms with E-state index in [0.29, 0.717) is 18.0 Å². The maximum Gasteiger partial charge on any atom is 0.242 e. The molecule has 0 unspecified atom stereocenters. The zero-order valence-corrected chi connectivity index (χ0v) is 16.0. The molecule has 1 heterocycles. The minimum absolute atomic E-state index is 0.209. The fourth-order valence-electron chi connectivity index (χ4n) is 2.67. The van der Waals surface area contributed by atoms with Crippen LogP contribution in [0, 0.1) is 0 Å². The van der Waals surface area contributed by atoms with Gasteiger partial charge in [0.1, 0.15) is 0 Å². The van der Waals surface area contributed by atoms with Crippen molar-refractivity contribution >= 4 is 21.6 Å². The summed E-state index contributed by atoms with van der Waals surface area (Å²) in [5.41, 5.74) is 2.92. The molecule has 3 aromatic rings. The lowest BCUT2D eigenvalue weighted by Crippen LogP contribution is -2.28. The number of nitrogens with one attached hydrogen (secondary N) is 1. The highest BCUT2D eigenvalue weighted by atomic mass is 35.5. The van der Waals surface area contributed by atoms with Crippen LogP contribution in [0.1, 0.15) is 12.1 Å².